The lowest BCUT2D eigenvalue weighted by Gasteiger charge is -2.14. The van der Waals surface area contributed by atoms with E-state index < -0.39 is 7.60 Å². The third kappa shape index (κ3) is 9.87. The summed E-state index contributed by atoms with van der Waals surface area (Å²) in [4.78, 5) is 0. The SMILES string of the molecule is C=CP(=O)(OCCCCCC)OCCCCCC. The van der Waals surface area contributed by atoms with Crippen LogP contribution < -0.4 is 0 Å². The number of hydrogen-bond acceptors (Lipinski definition) is 3. The van der Waals surface area contributed by atoms with E-state index in [4.69, 9.17) is 9.05 Å². The van der Waals surface area contributed by atoms with Gasteiger partial charge in [-0.3, -0.25) is 4.57 Å². The molecule has 0 unspecified atom stereocenters. The lowest BCUT2D eigenvalue weighted by Crippen LogP contribution is -1.98. The van der Waals surface area contributed by atoms with Crippen LogP contribution >= 0.6 is 7.60 Å². The zero-order chi connectivity index (χ0) is 13.7. The van der Waals surface area contributed by atoms with Gasteiger partial charge in [0.05, 0.1) is 13.2 Å². The van der Waals surface area contributed by atoms with Crippen LogP contribution in [0, 0.1) is 0 Å². The first-order valence-corrected chi connectivity index (χ1v) is 8.82. The van der Waals surface area contributed by atoms with Gasteiger partial charge in [0.1, 0.15) is 0 Å². The minimum absolute atomic E-state index is 0.498. The van der Waals surface area contributed by atoms with E-state index in [1.807, 2.05) is 0 Å². The van der Waals surface area contributed by atoms with Crippen molar-refractivity contribution in [3.05, 3.63) is 12.4 Å². The highest BCUT2D eigenvalue weighted by atomic mass is 31.2. The van der Waals surface area contributed by atoms with E-state index in [1.54, 1.807) is 0 Å². The molecule has 0 saturated heterocycles. The predicted molar refractivity (Wildman–Crippen MR) is 78.0 cm³/mol. The molecular formula is C14H29O3P. The molecule has 0 aromatic carbocycles. The molecule has 4 heteroatoms. The van der Waals surface area contributed by atoms with Crippen molar-refractivity contribution in [3.63, 3.8) is 0 Å². The Labute approximate surface area is 112 Å². The van der Waals surface area contributed by atoms with Crippen LogP contribution in [0.15, 0.2) is 12.4 Å². The second-order valence-corrected chi connectivity index (χ2v) is 6.47. The lowest BCUT2D eigenvalue weighted by atomic mass is 10.2. The predicted octanol–water partition coefficient (Wildman–Crippen LogP) is 5.52. The zero-order valence-electron chi connectivity index (χ0n) is 12.0. The van der Waals surface area contributed by atoms with Crippen LogP contribution in [0.25, 0.3) is 0 Å². The van der Waals surface area contributed by atoms with E-state index in [-0.39, 0.29) is 0 Å². The van der Waals surface area contributed by atoms with Crippen molar-refractivity contribution in [1.82, 2.24) is 0 Å². The highest BCUT2D eigenvalue weighted by Crippen LogP contribution is 2.49. The van der Waals surface area contributed by atoms with Gasteiger partial charge in [-0.1, -0.05) is 59.0 Å². The first-order valence-electron chi connectivity index (χ1n) is 7.21. The number of unbranched alkanes of at least 4 members (excludes halogenated alkanes) is 6. The van der Waals surface area contributed by atoms with Crippen LogP contribution in [0.4, 0.5) is 0 Å². The van der Waals surface area contributed by atoms with Crippen molar-refractivity contribution in [2.75, 3.05) is 13.2 Å². The van der Waals surface area contributed by atoms with Gasteiger partial charge < -0.3 is 9.05 Å². The average molecular weight is 276 g/mol. The number of rotatable bonds is 13. The molecule has 0 aliphatic rings. The summed E-state index contributed by atoms with van der Waals surface area (Å²) in [5, 5.41) is 0. The van der Waals surface area contributed by atoms with E-state index in [9.17, 15) is 4.57 Å². The Kier molecular flexibility index (Phi) is 11.9. The maximum absolute atomic E-state index is 12.1. The van der Waals surface area contributed by atoms with Gasteiger partial charge in [0.25, 0.3) is 0 Å². The summed E-state index contributed by atoms with van der Waals surface area (Å²) in [6.45, 7) is 8.87. The van der Waals surface area contributed by atoms with E-state index >= 15 is 0 Å². The molecule has 0 atom stereocenters. The van der Waals surface area contributed by atoms with E-state index in [0.29, 0.717) is 13.2 Å². The first-order chi connectivity index (χ1) is 8.68. The molecule has 0 fully saturated rings. The van der Waals surface area contributed by atoms with Crippen LogP contribution in [-0.2, 0) is 13.6 Å². The fourth-order valence-electron chi connectivity index (χ4n) is 1.58. The molecule has 0 aliphatic heterocycles. The first kappa shape index (κ1) is 17.9. The van der Waals surface area contributed by atoms with Gasteiger partial charge in [0.2, 0.25) is 0 Å². The Balaban J connectivity index is 3.68. The molecular weight excluding hydrogens is 247 g/mol. The molecule has 0 aromatic heterocycles. The van der Waals surface area contributed by atoms with E-state index in [1.165, 1.54) is 31.5 Å². The quantitative estimate of drug-likeness (QED) is 0.328. The third-order valence-electron chi connectivity index (χ3n) is 2.76. The van der Waals surface area contributed by atoms with Gasteiger partial charge >= 0.3 is 7.60 Å². The zero-order valence-corrected chi connectivity index (χ0v) is 12.9. The molecule has 0 rings (SSSR count). The molecule has 0 saturated carbocycles. The normalized spacial score (nSPS) is 11.7. The lowest BCUT2D eigenvalue weighted by molar-refractivity contribution is 0.205. The maximum atomic E-state index is 12.1. The van der Waals surface area contributed by atoms with Crippen molar-refractivity contribution in [2.24, 2.45) is 0 Å². The minimum Gasteiger partial charge on any atom is -0.306 e. The highest BCUT2D eigenvalue weighted by Gasteiger charge is 2.18. The highest BCUT2D eigenvalue weighted by molar-refractivity contribution is 7.57. The molecule has 0 heterocycles. The summed E-state index contributed by atoms with van der Waals surface area (Å²) in [5.41, 5.74) is 0. The van der Waals surface area contributed by atoms with Crippen LogP contribution in [0.3, 0.4) is 0 Å². The Morgan fingerprint density at radius 3 is 1.67 bits per heavy atom. The standard InChI is InChI=1S/C14H29O3P/c1-4-7-9-11-13-16-18(15,6-3)17-14-12-10-8-5-2/h6H,3-5,7-14H2,1-2H3. The second-order valence-electron chi connectivity index (χ2n) is 4.51. The molecule has 0 spiro atoms. The summed E-state index contributed by atoms with van der Waals surface area (Å²) in [6, 6.07) is 0. The molecule has 3 nitrogen and oxygen atoms in total. The van der Waals surface area contributed by atoms with Crippen LogP contribution in [0.1, 0.15) is 65.2 Å². The summed E-state index contributed by atoms with van der Waals surface area (Å²) >= 11 is 0. The van der Waals surface area contributed by atoms with Gasteiger partial charge in [-0.05, 0) is 12.8 Å². The fourth-order valence-corrected chi connectivity index (χ4v) is 2.64. The van der Waals surface area contributed by atoms with Crippen molar-refractivity contribution < 1.29 is 13.6 Å². The average Bonchev–Trinajstić information content (AvgIpc) is 2.38. The van der Waals surface area contributed by atoms with Gasteiger partial charge in [0, 0.05) is 5.82 Å². The summed E-state index contributed by atoms with van der Waals surface area (Å²) in [5.74, 6) is 1.33. The summed E-state index contributed by atoms with van der Waals surface area (Å²) in [7, 11) is -3.03. The molecule has 18 heavy (non-hydrogen) atoms. The Bertz CT molecular complexity index is 223. The third-order valence-corrected chi connectivity index (χ3v) is 4.29. The second kappa shape index (κ2) is 12.0. The number of hydrogen-bond donors (Lipinski definition) is 0. The topological polar surface area (TPSA) is 35.5 Å². The molecule has 0 N–H and O–H groups in total. The van der Waals surface area contributed by atoms with Crippen molar-refractivity contribution in [3.8, 4) is 0 Å². The van der Waals surface area contributed by atoms with Crippen LogP contribution in [0.5, 0.6) is 0 Å². The van der Waals surface area contributed by atoms with Gasteiger partial charge in [-0.25, -0.2) is 0 Å². The van der Waals surface area contributed by atoms with Crippen LogP contribution in [-0.4, -0.2) is 13.2 Å². The monoisotopic (exact) mass is 276 g/mol. The molecule has 0 bridgehead atoms. The molecule has 0 amide bonds. The van der Waals surface area contributed by atoms with Crippen molar-refractivity contribution >= 4 is 7.60 Å². The molecule has 108 valence electrons. The summed E-state index contributed by atoms with van der Waals surface area (Å²) in [6.07, 6.45) is 8.86. The molecule has 0 radical (unpaired) electrons. The fraction of sp³-hybridized carbons (Fsp3) is 0.857. The Morgan fingerprint density at radius 2 is 1.33 bits per heavy atom. The summed E-state index contributed by atoms with van der Waals surface area (Å²) < 4.78 is 22.8. The van der Waals surface area contributed by atoms with Crippen molar-refractivity contribution in [1.29, 1.82) is 0 Å². The molecule has 0 aliphatic carbocycles. The largest absolute Gasteiger partial charge is 0.353 e. The Morgan fingerprint density at radius 1 is 0.889 bits per heavy atom. The van der Waals surface area contributed by atoms with Gasteiger partial charge in [0.15, 0.2) is 0 Å². The maximum Gasteiger partial charge on any atom is 0.353 e. The minimum atomic E-state index is -3.03. The smallest absolute Gasteiger partial charge is 0.306 e. The van der Waals surface area contributed by atoms with Gasteiger partial charge in [-0.15, -0.1) is 0 Å². The van der Waals surface area contributed by atoms with E-state index in [2.05, 4.69) is 20.4 Å². The van der Waals surface area contributed by atoms with Crippen molar-refractivity contribution in [2.45, 2.75) is 65.2 Å². The Hall–Kier alpha value is -0.110. The molecule has 0 aromatic rings. The van der Waals surface area contributed by atoms with E-state index in [0.717, 1.165) is 25.7 Å². The van der Waals surface area contributed by atoms with Crippen LogP contribution in [0.2, 0.25) is 0 Å². The van der Waals surface area contributed by atoms with Gasteiger partial charge in [-0.2, -0.15) is 0 Å².